The van der Waals surface area contributed by atoms with Crippen LogP contribution in [0.5, 0.6) is 0 Å². The average Bonchev–Trinajstić information content (AvgIpc) is 2.84. The lowest BCUT2D eigenvalue weighted by atomic mass is 10.0. The van der Waals surface area contributed by atoms with Crippen LogP contribution < -0.4 is 5.32 Å². The fourth-order valence-corrected chi connectivity index (χ4v) is 6.80. The van der Waals surface area contributed by atoms with Crippen LogP contribution in [0.3, 0.4) is 0 Å². The fraction of sp³-hybridized carbons (Fsp3) is 0.407. The SMILES string of the molecule is CCC(c1cccc(S(C)(=O)=O)c1)N(CCCNC(=O)OC(C)(C)C)S(=O)(=O)c1cccc2cnccc12. The monoisotopic (exact) mass is 561 g/mol. The molecule has 1 N–H and O–H groups in total. The molecule has 1 amide bonds. The van der Waals surface area contributed by atoms with Crippen molar-refractivity contribution in [2.24, 2.45) is 0 Å². The van der Waals surface area contributed by atoms with E-state index in [0.717, 1.165) is 6.26 Å². The van der Waals surface area contributed by atoms with Crippen LogP contribution in [0.1, 0.15) is 52.1 Å². The lowest BCUT2D eigenvalue weighted by Gasteiger charge is -2.31. The summed E-state index contributed by atoms with van der Waals surface area (Å²) in [6.07, 6.45) is 4.40. The summed E-state index contributed by atoms with van der Waals surface area (Å²) in [5, 5.41) is 3.90. The minimum atomic E-state index is -4.05. The molecule has 9 nitrogen and oxygen atoms in total. The third-order valence-corrected chi connectivity index (χ3v) is 8.93. The first-order valence-corrected chi connectivity index (χ1v) is 15.7. The van der Waals surface area contributed by atoms with E-state index in [9.17, 15) is 21.6 Å². The number of nitrogens with one attached hydrogen (secondary N) is 1. The van der Waals surface area contributed by atoms with Crippen molar-refractivity contribution in [3.05, 3.63) is 66.5 Å². The summed E-state index contributed by atoms with van der Waals surface area (Å²) < 4.78 is 59.5. The molecule has 3 aromatic rings. The van der Waals surface area contributed by atoms with E-state index in [0.29, 0.717) is 29.2 Å². The van der Waals surface area contributed by atoms with Gasteiger partial charge in [0.1, 0.15) is 5.60 Å². The van der Waals surface area contributed by atoms with Crippen LogP contribution in [-0.4, -0.2) is 57.2 Å². The Balaban J connectivity index is 2.00. The van der Waals surface area contributed by atoms with Crippen molar-refractivity contribution in [3.8, 4) is 0 Å². The van der Waals surface area contributed by atoms with E-state index >= 15 is 0 Å². The number of amides is 1. The zero-order chi connectivity index (χ0) is 28.1. The zero-order valence-electron chi connectivity index (χ0n) is 22.3. The molecule has 0 aliphatic heterocycles. The van der Waals surface area contributed by atoms with Gasteiger partial charge in [0.15, 0.2) is 9.84 Å². The number of carbonyl (C=O) groups excluding carboxylic acids is 1. The van der Waals surface area contributed by atoms with Crippen molar-refractivity contribution in [1.82, 2.24) is 14.6 Å². The van der Waals surface area contributed by atoms with Gasteiger partial charge in [0.2, 0.25) is 10.0 Å². The summed E-state index contributed by atoms with van der Waals surface area (Å²) in [6, 6.07) is 12.4. The molecule has 1 unspecified atom stereocenters. The lowest BCUT2D eigenvalue weighted by molar-refractivity contribution is 0.0526. The van der Waals surface area contributed by atoms with Crippen molar-refractivity contribution < 1.29 is 26.4 Å². The van der Waals surface area contributed by atoms with Gasteiger partial charge in [-0.2, -0.15) is 4.31 Å². The van der Waals surface area contributed by atoms with Gasteiger partial charge >= 0.3 is 6.09 Å². The Labute approximate surface area is 225 Å². The number of aromatic nitrogens is 1. The molecule has 11 heteroatoms. The molecule has 1 heterocycles. The van der Waals surface area contributed by atoms with Crippen LogP contribution in [0.25, 0.3) is 10.8 Å². The number of alkyl carbamates (subject to hydrolysis) is 1. The van der Waals surface area contributed by atoms with Crippen molar-refractivity contribution in [2.75, 3.05) is 19.3 Å². The van der Waals surface area contributed by atoms with E-state index in [1.54, 1.807) is 69.6 Å². The molecule has 1 aromatic heterocycles. The number of ether oxygens (including phenoxy) is 1. The number of hydrogen-bond acceptors (Lipinski definition) is 7. The van der Waals surface area contributed by atoms with Crippen molar-refractivity contribution in [3.63, 3.8) is 0 Å². The lowest BCUT2D eigenvalue weighted by Crippen LogP contribution is -2.38. The number of benzene rings is 2. The molecule has 1 atom stereocenters. The highest BCUT2D eigenvalue weighted by molar-refractivity contribution is 7.90. The summed E-state index contributed by atoms with van der Waals surface area (Å²) in [5.41, 5.74) is -0.0818. The molecule has 206 valence electrons. The second-order valence-electron chi connectivity index (χ2n) is 10.0. The molecule has 0 aliphatic carbocycles. The number of rotatable bonds is 10. The first-order chi connectivity index (χ1) is 17.7. The van der Waals surface area contributed by atoms with E-state index in [2.05, 4.69) is 10.3 Å². The molecule has 0 aliphatic rings. The molecular weight excluding hydrogens is 526 g/mol. The average molecular weight is 562 g/mol. The normalized spacial score (nSPS) is 13.4. The van der Waals surface area contributed by atoms with E-state index in [1.807, 2.05) is 6.92 Å². The van der Waals surface area contributed by atoms with Gasteiger partial charge in [0.05, 0.1) is 9.79 Å². The number of pyridine rings is 1. The molecule has 0 spiro atoms. The molecule has 0 saturated carbocycles. The number of sulfonamides is 1. The molecule has 38 heavy (non-hydrogen) atoms. The third-order valence-electron chi connectivity index (χ3n) is 5.86. The molecule has 0 radical (unpaired) electrons. The molecular formula is C27H35N3O6S2. The van der Waals surface area contributed by atoms with E-state index in [-0.39, 0.29) is 22.9 Å². The smallest absolute Gasteiger partial charge is 0.407 e. The number of hydrogen-bond donors (Lipinski definition) is 1. The Morgan fingerprint density at radius 1 is 1.08 bits per heavy atom. The highest BCUT2D eigenvalue weighted by Gasteiger charge is 2.33. The van der Waals surface area contributed by atoms with Gasteiger partial charge in [0, 0.05) is 48.6 Å². The minimum Gasteiger partial charge on any atom is -0.444 e. The Bertz CT molecular complexity index is 1490. The van der Waals surface area contributed by atoms with Crippen molar-refractivity contribution >= 4 is 36.7 Å². The van der Waals surface area contributed by atoms with Crippen LogP contribution >= 0.6 is 0 Å². The van der Waals surface area contributed by atoms with Crippen LogP contribution in [0.2, 0.25) is 0 Å². The summed E-state index contributed by atoms with van der Waals surface area (Å²) >= 11 is 0. The van der Waals surface area contributed by atoms with Gasteiger partial charge in [-0.05, 0) is 63.4 Å². The predicted molar refractivity (Wildman–Crippen MR) is 147 cm³/mol. The highest BCUT2D eigenvalue weighted by Crippen LogP contribution is 2.34. The van der Waals surface area contributed by atoms with Gasteiger partial charge < -0.3 is 10.1 Å². The summed E-state index contributed by atoms with van der Waals surface area (Å²) in [5.74, 6) is 0. The Hall–Kier alpha value is -3.02. The molecule has 0 bridgehead atoms. The number of sulfone groups is 1. The van der Waals surface area contributed by atoms with Gasteiger partial charge in [-0.3, -0.25) is 4.98 Å². The Morgan fingerprint density at radius 3 is 2.45 bits per heavy atom. The summed E-state index contributed by atoms with van der Waals surface area (Å²) in [4.78, 5) is 16.4. The Morgan fingerprint density at radius 2 is 1.79 bits per heavy atom. The number of fused-ring (bicyclic) bond motifs is 1. The maximum absolute atomic E-state index is 14.2. The van der Waals surface area contributed by atoms with Crippen LogP contribution in [0.15, 0.2) is 70.7 Å². The standard InChI is InChI=1S/C27H35N3O6S2/c1-6-24(20-10-7-12-22(18-20)37(5,32)33)30(17-9-15-29-26(31)36-27(2,3)4)38(34,35)25-13-8-11-21-19-28-16-14-23(21)25/h7-8,10-14,16,18-19,24H,6,9,15,17H2,1-5H3,(H,29,31). The first kappa shape index (κ1) is 29.5. The second kappa shape index (κ2) is 11.8. The summed E-state index contributed by atoms with van der Waals surface area (Å²) in [6.45, 7) is 7.42. The van der Waals surface area contributed by atoms with Gasteiger partial charge in [-0.1, -0.05) is 31.2 Å². The maximum Gasteiger partial charge on any atom is 0.407 e. The van der Waals surface area contributed by atoms with Crippen LogP contribution in [-0.2, 0) is 24.6 Å². The zero-order valence-corrected chi connectivity index (χ0v) is 24.0. The summed E-state index contributed by atoms with van der Waals surface area (Å²) in [7, 11) is -7.54. The van der Waals surface area contributed by atoms with E-state index in [1.165, 1.54) is 16.4 Å². The molecule has 0 fully saturated rings. The minimum absolute atomic E-state index is 0.0845. The van der Waals surface area contributed by atoms with Crippen LogP contribution in [0.4, 0.5) is 4.79 Å². The molecule has 2 aromatic carbocycles. The van der Waals surface area contributed by atoms with E-state index < -0.39 is 37.6 Å². The topological polar surface area (TPSA) is 123 Å². The van der Waals surface area contributed by atoms with Crippen molar-refractivity contribution in [1.29, 1.82) is 0 Å². The number of nitrogens with zero attached hydrogens (tertiary/aromatic N) is 2. The van der Waals surface area contributed by atoms with Crippen LogP contribution in [0, 0.1) is 0 Å². The van der Waals surface area contributed by atoms with Gasteiger partial charge in [-0.25, -0.2) is 21.6 Å². The quantitative estimate of drug-likeness (QED) is 0.356. The highest BCUT2D eigenvalue weighted by atomic mass is 32.2. The largest absolute Gasteiger partial charge is 0.444 e. The molecule has 0 saturated heterocycles. The van der Waals surface area contributed by atoms with Gasteiger partial charge in [-0.15, -0.1) is 0 Å². The first-order valence-electron chi connectivity index (χ1n) is 12.4. The van der Waals surface area contributed by atoms with Crippen molar-refractivity contribution in [2.45, 2.75) is 62.0 Å². The number of carbonyl (C=O) groups is 1. The van der Waals surface area contributed by atoms with Gasteiger partial charge in [0.25, 0.3) is 0 Å². The molecule has 3 rings (SSSR count). The van der Waals surface area contributed by atoms with E-state index in [4.69, 9.17) is 4.74 Å². The third kappa shape index (κ3) is 7.30. The second-order valence-corrected chi connectivity index (χ2v) is 13.9. The maximum atomic E-state index is 14.2. The Kier molecular flexibility index (Phi) is 9.17. The fourth-order valence-electron chi connectivity index (χ4n) is 4.19. The predicted octanol–water partition coefficient (Wildman–Crippen LogP) is 4.70.